The number of alkyl halides is 2. The van der Waals surface area contributed by atoms with Gasteiger partial charge in [-0.3, -0.25) is 0 Å². The Balaban J connectivity index is 1.26. The predicted octanol–water partition coefficient (Wildman–Crippen LogP) is 12.2. The van der Waals surface area contributed by atoms with E-state index >= 15 is 4.39 Å². The molecule has 5 rings (SSSR count). The minimum atomic E-state index is -4.28. The van der Waals surface area contributed by atoms with Crippen LogP contribution in [0.2, 0.25) is 5.02 Å². The van der Waals surface area contributed by atoms with Crippen molar-refractivity contribution in [3.8, 4) is 28.0 Å². The van der Waals surface area contributed by atoms with Gasteiger partial charge in [0.1, 0.15) is 34.0 Å². The number of benzene rings is 4. The molecule has 0 aromatic heterocycles. The first-order chi connectivity index (χ1) is 21.1. The molecule has 0 saturated heterocycles. The predicted molar refractivity (Wildman–Crippen MR) is 162 cm³/mol. The highest BCUT2D eigenvalue weighted by atomic mass is 35.5. The first kappa shape index (κ1) is 32.0. The van der Waals surface area contributed by atoms with E-state index in [4.69, 9.17) is 11.6 Å². The third kappa shape index (κ3) is 7.26. The van der Waals surface area contributed by atoms with E-state index in [1.807, 2.05) is 12.1 Å². The lowest BCUT2D eigenvalue weighted by molar-refractivity contribution is -0.187. The van der Waals surface area contributed by atoms with Crippen LogP contribution in [0, 0.1) is 29.2 Å². The molecule has 0 aliphatic heterocycles. The second-order valence-electron chi connectivity index (χ2n) is 11.5. The van der Waals surface area contributed by atoms with Crippen molar-refractivity contribution in [2.24, 2.45) is 5.92 Å². The molecule has 4 aromatic rings. The van der Waals surface area contributed by atoms with E-state index in [-0.39, 0.29) is 11.1 Å². The zero-order valence-corrected chi connectivity index (χ0v) is 25.0. The van der Waals surface area contributed by atoms with Crippen LogP contribution in [0.15, 0.2) is 72.8 Å². The topological polar surface area (TPSA) is 9.23 Å². The highest BCUT2D eigenvalue weighted by Crippen LogP contribution is 2.40. The molecule has 1 nitrogen and oxygen atoms in total. The third-order valence-corrected chi connectivity index (χ3v) is 8.91. The Kier molecular flexibility index (Phi) is 9.94. The number of rotatable bonds is 10. The molecule has 0 bridgehead atoms. The first-order valence-corrected chi connectivity index (χ1v) is 15.3. The molecule has 44 heavy (non-hydrogen) atoms. The molecule has 0 radical (unpaired) electrons. The zero-order chi connectivity index (χ0) is 31.4. The van der Waals surface area contributed by atoms with Crippen LogP contribution in [0.3, 0.4) is 0 Å². The van der Waals surface area contributed by atoms with Crippen LogP contribution < -0.4 is 4.74 Å². The van der Waals surface area contributed by atoms with Gasteiger partial charge in [0, 0.05) is 17.7 Å². The summed E-state index contributed by atoms with van der Waals surface area (Å²) in [5.41, 5.74) is 1.64. The molecule has 0 spiro atoms. The highest BCUT2D eigenvalue weighted by molar-refractivity contribution is 6.30. The van der Waals surface area contributed by atoms with Crippen LogP contribution in [0.5, 0.6) is 5.75 Å². The summed E-state index contributed by atoms with van der Waals surface area (Å²) < 4.78 is 91.3. The van der Waals surface area contributed by atoms with Gasteiger partial charge in [-0.15, -0.1) is 0 Å². The van der Waals surface area contributed by atoms with Crippen molar-refractivity contribution in [3.05, 3.63) is 112 Å². The van der Waals surface area contributed by atoms with Crippen molar-refractivity contribution in [1.29, 1.82) is 0 Å². The lowest BCUT2D eigenvalue weighted by Crippen LogP contribution is -2.23. The summed E-state index contributed by atoms with van der Waals surface area (Å²) in [4.78, 5) is 0. The smallest absolute Gasteiger partial charge is 0.429 e. The minimum absolute atomic E-state index is 0.0256. The van der Waals surface area contributed by atoms with Crippen LogP contribution >= 0.6 is 11.6 Å². The lowest BCUT2D eigenvalue weighted by Gasteiger charge is -2.29. The minimum Gasteiger partial charge on any atom is -0.429 e. The molecular weight excluding hydrogens is 598 g/mol. The lowest BCUT2D eigenvalue weighted by atomic mass is 9.77. The fourth-order valence-corrected chi connectivity index (χ4v) is 6.17. The van der Waals surface area contributed by atoms with Crippen molar-refractivity contribution in [2.45, 2.75) is 70.3 Å². The standard InChI is InChI=1S/C36H33ClF6O/c1-2-3-4-5-22-6-8-23(9-7-22)24-10-12-25(13-11-24)26-14-16-29(31(38)18-26)27-15-17-30(32(39)19-27)36(42,43)44-28-20-33(40)35(37)34(41)21-28/h10-23H,2-9H2,1H3. The van der Waals surface area contributed by atoms with Gasteiger partial charge in [-0.2, -0.15) is 8.78 Å². The van der Waals surface area contributed by atoms with Crippen LogP contribution in [0.1, 0.15) is 75.3 Å². The highest BCUT2D eigenvalue weighted by Gasteiger charge is 2.38. The van der Waals surface area contributed by atoms with Crippen molar-refractivity contribution < 1.29 is 31.1 Å². The van der Waals surface area contributed by atoms with E-state index in [1.54, 1.807) is 6.07 Å². The Morgan fingerprint density at radius 2 is 1.32 bits per heavy atom. The molecular formula is C36H33ClF6O. The molecule has 4 aromatic carbocycles. The Hall–Kier alpha value is -3.45. The van der Waals surface area contributed by atoms with Crippen molar-refractivity contribution in [3.63, 3.8) is 0 Å². The number of hydrogen-bond donors (Lipinski definition) is 0. The van der Waals surface area contributed by atoms with Crippen LogP contribution in [0.25, 0.3) is 22.3 Å². The van der Waals surface area contributed by atoms with Gasteiger partial charge in [-0.1, -0.05) is 86.7 Å². The summed E-state index contributed by atoms with van der Waals surface area (Å²) in [6.07, 6.45) is 5.81. The van der Waals surface area contributed by atoms with Crippen LogP contribution in [0.4, 0.5) is 26.3 Å². The molecule has 0 atom stereocenters. The van der Waals surface area contributed by atoms with Crippen molar-refractivity contribution in [2.75, 3.05) is 0 Å². The van der Waals surface area contributed by atoms with Gasteiger partial charge >= 0.3 is 6.11 Å². The molecule has 0 N–H and O–H groups in total. The van der Waals surface area contributed by atoms with Crippen molar-refractivity contribution >= 4 is 11.6 Å². The van der Waals surface area contributed by atoms with Gasteiger partial charge in [0.05, 0.1) is 5.56 Å². The second kappa shape index (κ2) is 13.7. The molecule has 0 amide bonds. The summed E-state index contributed by atoms with van der Waals surface area (Å²) in [5, 5.41) is -0.883. The zero-order valence-electron chi connectivity index (χ0n) is 24.3. The Bertz CT molecular complexity index is 1570. The molecule has 232 valence electrons. The molecule has 1 aliphatic rings. The maximum Gasteiger partial charge on any atom is 0.429 e. The van der Waals surface area contributed by atoms with E-state index in [1.165, 1.54) is 69.1 Å². The van der Waals surface area contributed by atoms with Gasteiger partial charge in [0.2, 0.25) is 0 Å². The van der Waals surface area contributed by atoms with E-state index in [9.17, 15) is 22.0 Å². The Labute approximate surface area is 258 Å². The Morgan fingerprint density at radius 1 is 0.705 bits per heavy atom. The number of unbranched alkanes of at least 4 members (excludes halogenated alkanes) is 2. The summed E-state index contributed by atoms with van der Waals surface area (Å²) in [5.74, 6) is -4.14. The van der Waals surface area contributed by atoms with E-state index in [0.717, 1.165) is 29.7 Å². The fourth-order valence-electron chi connectivity index (χ4n) is 6.06. The van der Waals surface area contributed by atoms with Gasteiger partial charge in [-0.25, -0.2) is 17.6 Å². The average Bonchev–Trinajstić information content (AvgIpc) is 3.00. The monoisotopic (exact) mass is 630 g/mol. The SMILES string of the molecule is CCCCCC1CCC(c2ccc(-c3ccc(-c4ccc(C(F)(F)Oc5cc(F)c(Cl)c(F)c5)c(F)c4)c(F)c3)cc2)CC1. The molecule has 0 unspecified atom stereocenters. The van der Waals surface area contributed by atoms with Gasteiger partial charge < -0.3 is 4.74 Å². The summed E-state index contributed by atoms with van der Waals surface area (Å²) >= 11 is 5.37. The second-order valence-corrected chi connectivity index (χ2v) is 11.9. The number of hydrogen-bond acceptors (Lipinski definition) is 1. The van der Waals surface area contributed by atoms with Crippen LogP contribution in [-0.4, -0.2) is 0 Å². The number of ether oxygens (including phenoxy) is 1. The average molecular weight is 631 g/mol. The summed E-state index contributed by atoms with van der Waals surface area (Å²) in [6.45, 7) is 2.23. The molecule has 1 fully saturated rings. The molecule has 0 heterocycles. The summed E-state index contributed by atoms with van der Waals surface area (Å²) in [6, 6.07) is 16.2. The summed E-state index contributed by atoms with van der Waals surface area (Å²) in [7, 11) is 0. The fraction of sp³-hybridized carbons (Fsp3) is 0.333. The van der Waals surface area contributed by atoms with Crippen LogP contribution in [-0.2, 0) is 6.11 Å². The maximum atomic E-state index is 15.2. The Morgan fingerprint density at radius 3 is 1.93 bits per heavy atom. The van der Waals surface area contributed by atoms with E-state index in [0.29, 0.717) is 23.6 Å². The van der Waals surface area contributed by atoms with Gasteiger partial charge in [-0.05, 0) is 78.0 Å². The van der Waals surface area contributed by atoms with E-state index < -0.39 is 45.7 Å². The quantitative estimate of drug-likeness (QED) is 0.0962. The largest absolute Gasteiger partial charge is 0.429 e. The number of halogens is 7. The van der Waals surface area contributed by atoms with Gasteiger partial charge in [0.25, 0.3) is 0 Å². The maximum absolute atomic E-state index is 15.2. The molecule has 1 aliphatic carbocycles. The molecule has 1 saturated carbocycles. The third-order valence-electron chi connectivity index (χ3n) is 8.54. The van der Waals surface area contributed by atoms with Gasteiger partial charge in [0.15, 0.2) is 0 Å². The molecule has 8 heteroatoms. The van der Waals surface area contributed by atoms with E-state index in [2.05, 4.69) is 23.8 Å². The first-order valence-electron chi connectivity index (χ1n) is 15.0. The normalized spacial score (nSPS) is 17.1. The van der Waals surface area contributed by atoms with Crippen molar-refractivity contribution in [1.82, 2.24) is 0 Å².